The van der Waals surface area contributed by atoms with Gasteiger partial charge in [0.05, 0.1) is 17.6 Å². The van der Waals surface area contributed by atoms with Crippen LogP contribution in [0.5, 0.6) is 0 Å². The third kappa shape index (κ3) is 4.96. The number of carbonyl (C=O) groups excluding carboxylic acids is 1. The number of nitrogens with zero attached hydrogens (tertiary/aromatic N) is 2. The summed E-state index contributed by atoms with van der Waals surface area (Å²) in [5.74, 6) is -0.571. The number of carbonyl (C=O) groups is 1. The lowest BCUT2D eigenvalue weighted by Crippen LogP contribution is -2.33. The van der Waals surface area contributed by atoms with Crippen LogP contribution in [-0.4, -0.2) is 15.7 Å². The first kappa shape index (κ1) is 20.9. The molecule has 1 aromatic heterocycles. The van der Waals surface area contributed by atoms with Crippen molar-refractivity contribution in [2.45, 2.75) is 57.3 Å². The molecule has 1 fully saturated rings. The molecule has 9 heteroatoms. The van der Waals surface area contributed by atoms with Crippen LogP contribution in [0.25, 0.3) is 0 Å². The average molecular weight is 408 g/mol. The molecule has 1 saturated carbocycles. The van der Waals surface area contributed by atoms with Crippen LogP contribution in [0, 0.1) is 0 Å². The van der Waals surface area contributed by atoms with Crippen LogP contribution in [0.15, 0.2) is 35.1 Å². The van der Waals surface area contributed by atoms with Gasteiger partial charge in [-0.1, -0.05) is 19.3 Å². The molecule has 2 aromatic rings. The number of aromatic nitrogens is 2. The van der Waals surface area contributed by atoms with Crippen molar-refractivity contribution in [3.8, 4) is 0 Å². The van der Waals surface area contributed by atoms with Crippen LogP contribution in [0.1, 0.15) is 72.7 Å². The highest BCUT2D eigenvalue weighted by Gasteiger charge is 2.31. The van der Waals surface area contributed by atoms with E-state index in [0.29, 0.717) is 0 Å². The van der Waals surface area contributed by atoms with Crippen LogP contribution in [0.3, 0.4) is 0 Å². The smallest absolute Gasteiger partial charge is 0.399 e. The van der Waals surface area contributed by atoms with Crippen molar-refractivity contribution < 1.29 is 18.0 Å². The van der Waals surface area contributed by atoms with Gasteiger partial charge >= 0.3 is 6.18 Å². The lowest BCUT2D eigenvalue weighted by molar-refractivity contribution is -0.137. The Balaban J connectivity index is 1.80. The molecule has 1 aliphatic carbocycles. The molecule has 0 radical (unpaired) electrons. The molecule has 1 amide bonds. The number of hydrogen-bond donors (Lipinski definition) is 2. The SMILES string of the molecule is C[C@@H](NC(=O)c1ccc(=O)n(C2CCCCC2)n1)c1cc(N)cc(C(F)(F)F)c1. The quantitative estimate of drug-likeness (QED) is 0.752. The molecule has 0 saturated heterocycles. The van der Waals surface area contributed by atoms with E-state index < -0.39 is 23.7 Å². The van der Waals surface area contributed by atoms with Crippen molar-refractivity contribution in [2.24, 2.45) is 0 Å². The molecule has 1 atom stereocenters. The first-order chi connectivity index (χ1) is 13.6. The number of nitrogens with two attached hydrogens (primary N) is 1. The maximum Gasteiger partial charge on any atom is 0.416 e. The number of benzene rings is 1. The zero-order valence-electron chi connectivity index (χ0n) is 16.0. The summed E-state index contributed by atoms with van der Waals surface area (Å²) in [6.45, 7) is 1.56. The number of nitrogens with one attached hydrogen (secondary N) is 1. The van der Waals surface area contributed by atoms with Gasteiger partial charge in [0.2, 0.25) is 0 Å². The van der Waals surface area contributed by atoms with Gasteiger partial charge in [-0.25, -0.2) is 4.68 Å². The Bertz CT molecular complexity index is 949. The molecule has 29 heavy (non-hydrogen) atoms. The molecular weight excluding hydrogens is 385 g/mol. The van der Waals surface area contributed by atoms with Gasteiger partial charge in [-0.15, -0.1) is 0 Å². The molecule has 1 aliphatic rings. The second-order valence-corrected chi connectivity index (χ2v) is 7.37. The second-order valence-electron chi connectivity index (χ2n) is 7.37. The van der Waals surface area contributed by atoms with Crippen LogP contribution in [0.4, 0.5) is 18.9 Å². The minimum absolute atomic E-state index is 0.0373. The summed E-state index contributed by atoms with van der Waals surface area (Å²) >= 11 is 0. The third-order valence-corrected chi connectivity index (χ3v) is 5.13. The standard InChI is InChI=1S/C20H23F3N4O2/c1-12(13-9-14(20(21,22)23)11-15(24)10-13)25-19(29)17-7-8-18(28)27(26-17)16-5-3-2-4-6-16/h7-12,16H,2-6,24H2,1H3,(H,25,29)/t12-/m1/s1. The molecule has 0 unspecified atom stereocenters. The first-order valence-electron chi connectivity index (χ1n) is 9.53. The molecule has 1 aromatic carbocycles. The van der Waals surface area contributed by atoms with E-state index in [9.17, 15) is 22.8 Å². The molecule has 0 spiro atoms. The minimum Gasteiger partial charge on any atom is -0.399 e. The van der Waals surface area contributed by atoms with E-state index >= 15 is 0 Å². The largest absolute Gasteiger partial charge is 0.416 e. The maximum absolute atomic E-state index is 13.0. The molecule has 0 bridgehead atoms. The number of nitrogen functional groups attached to an aromatic ring is 1. The molecule has 1 heterocycles. The molecule has 3 N–H and O–H groups in total. The number of rotatable bonds is 4. The lowest BCUT2D eigenvalue weighted by atomic mass is 9.96. The van der Waals surface area contributed by atoms with Crippen molar-refractivity contribution >= 4 is 11.6 Å². The maximum atomic E-state index is 13.0. The Kier molecular flexibility index (Phi) is 5.95. The fourth-order valence-electron chi connectivity index (χ4n) is 3.58. The highest BCUT2D eigenvalue weighted by atomic mass is 19.4. The van der Waals surface area contributed by atoms with Crippen LogP contribution >= 0.6 is 0 Å². The highest BCUT2D eigenvalue weighted by molar-refractivity contribution is 5.92. The number of hydrogen-bond acceptors (Lipinski definition) is 4. The number of anilines is 1. The van der Waals surface area contributed by atoms with Crippen molar-refractivity contribution in [3.63, 3.8) is 0 Å². The second kappa shape index (κ2) is 8.26. The van der Waals surface area contributed by atoms with Gasteiger partial charge in [-0.2, -0.15) is 18.3 Å². The van der Waals surface area contributed by atoms with Crippen molar-refractivity contribution in [1.82, 2.24) is 15.1 Å². The van der Waals surface area contributed by atoms with E-state index in [0.717, 1.165) is 44.2 Å². The topological polar surface area (TPSA) is 90.0 Å². The van der Waals surface area contributed by atoms with Gasteiger partial charge in [0.15, 0.2) is 0 Å². The number of amides is 1. The summed E-state index contributed by atoms with van der Waals surface area (Å²) < 4.78 is 40.4. The lowest BCUT2D eigenvalue weighted by Gasteiger charge is -2.23. The van der Waals surface area contributed by atoms with E-state index in [-0.39, 0.29) is 28.5 Å². The summed E-state index contributed by atoms with van der Waals surface area (Å²) in [5, 5.41) is 6.83. The highest BCUT2D eigenvalue weighted by Crippen LogP contribution is 2.32. The number of halogens is 3. The monoisotopic (exact) mass is 408 g/mol. The van der Waals surface area contributed by atoms with E-state index in [2.05, 4.69) is 10.4 Å². The molecule has 3 rings (SSSR count). The number of alkyl halides is 3. The van der Waals surface area contributed by atoms with Crippen LogP contribution < -0.4 is 16.6 Å². The van der Waals surface area contributed by atoms with Crippen LogP contribution in [0.2, 0.25) is 0 Å². The first-order valence-corrected chi connectivity index (χ1v) is 9.53. The predicted octanol–water partition coefficient (Wildman–Crippen LogP) is 3.84. The Hall–Kier alpha value is -2.84. The van der Waals surface area contributed by atoms with E-state index in [1.54, 1.807) is 6.92 Å². The predicted molar refractivity (Wildman–Crippen MR) is 102 cm³/mol. The molecule has 6 nitrogen and oxygen atoms in total. The van der Waals surface area contributed by atoms with Gasteiger partial charge in [0, 0.05) is 11.8 Å². The summed E-state index contributed by atoms with van der Waals surface area (Å²) in [6, 6.07) is 5.04. The fourth-order valence-corrected chi connectivity index (χ4v) is 3.58. The van der Waals surface area contributed by atoms with E-state index in [1.165, 1.54) is 22.9 Å². The van der Waals surface area contributed by atoms with Gasteiger partial charge in [0.1, 0.15) is 5.69 Å². The summed E-state index contributed by atoms with van der Waals surface area (Å²) in [6.07, 6.45) is 0.246. The van der Waals surface area contributed by atoms with E-state index in [4.69, 9.17) is 5.73 Å². The average Bonchev–Trinajstić information content (AvgIpc) is 2.67. The summed E-state index contributed by atoms with van der Waals surface area (Å²) in [7, 11) is 0. The van der Waals surface area contributed by atoms with Gasteiger partial charge < -0.3 is 11.1 Å². The van der Waals surface area contributed by atoms with Crippen LogP contribution in [-0.2, 0) is 6.18 Å². The zero-order valence-corrected chi connectivity index (χ0v) is 16.0. The molecule has 156 valence electrons. The zero-order chi connectivity index (χ0) is 21.2. The van der Waals surface area contributed by atoms with Crippen molar-refractivity contribution in [2.75, 3.05) is 5.73 Å². The Morgan fingerprint density at radius 2 is 1.90 bits per heavy atom. The summed E-state index contributed by atoms with van der Waals surface area (Å²) in [4.78, 5) is 24.8. The molecule has 0 aliphatic heterocycles. The minimum atomic E-state index is -4.54. The molecular formula is C20H23F3N4O2. The van der Waals surface area contributed by atoms with Crippen molar-refractivity contribution in [3.05, 3.63) is 57.5 Å². The normalized spacial score (nSPS) is 16.4. The summed E-state index contributed by atoms with van der Waals surface area (Å²) in [5.41, 5.74) is 4.67. The Morgan fingerprint density at radius 1 is 1.21 bits per heavy atom. The fraction of sp³-hybridized carbons (Fsp3) is 0.450. The van der Waals surface area contributed by atoms with Gasteiger partial charge in [-0.3, -0.25) is 9.59 Å². The third-order valence-electron chi connectivity index (χ3n) is 5.13. The van der Waals surface area contributed by atoms with Crippen molar-refractivity contribution in [1.29, 1.82) is 0 Å². The Morgan fingerprint density at radius 3 is 2.55 bits per heavy atom. The Labute approximate surface area is 165 Å². The van der Waals surface area contributed by atoms with E-state index in [1.807, 2.05) is 0 Å². The van der Waals surface area contributed by atoms with Gasteiger partial charge in [0.25, 0.3) is 11.5 Å². The van der Waals surface area contributed by atoms with Gasteiger partial charge in [-0.05, 0) is 49.6 Å².